The second-order valence-corrected chi connectivity index (χ2v) is 10.4. The molecule has 10 nitrogen and oxygen atoms in total. The third-order valence-corrected chi connectivity index (χ3v) is 5.50. The Labute approximate surface area is 231 Å². The van der Waals surface area contributed by atoms with E-state index in [0.717, 1.165) is 21.4 Å². The molecule has 0 radical (unpaired) electrons. The number of aromatic nitrogens is 4. The van der Waals surface area contributed by atoms with Crippen molar-refractivity contribution in [1.29, 1.82) is 0 Å². The summed E-state index contributed by atoms with van der Waals surface area (Å²) in [5, 5.41) is 12.2. The maximum Gasteiger partial charge on any atom is 0.573 e. The van der Waals surface area contributed by atoms with E-state index >= 15 is 0 Å². The first-order valence-corrected chi connectivity index (χ1v) is 12.5. The summed E-state index contributed by atoms with van der Waals surface area (Å²) in [6.07, 6.45) is -4.01. The maximum atomic E-state index is 14.6. The number of alkyl halides is 4. The van der Waals surface area contributed by atoms with Crippen molar-refractivity contribution in [2.24, 2.45) is 5.41 Å². The lowest BCUT2D eigenvalue weighted by molar-refractivity contribution is -0.274. The third kappa shape index (κ3) is 9.99. The van der Waals surface area contributed by atoms with Crippen LogP contribution in [-0.4, -0.2) is 43.9 Å². The average molecular weight is 585 g/mol. The fraction of sp³-hybridized carbons (Fsp3) is 0.423. The van der Waals surface area contributed by atoms with E-state index in [1.165, 1.54) is 30.6 Å². The van der Waals surface area contributed by atoms with E-state index in [0.29, 0.717) is 5.56 Å². The molecule has 0 aliphatic carbocycles. The average Bonchev–Trinajstić information content (AvgIpc) is 3.31. The van der Waals surface area contributed by atoms with Gasteiger partial charge in [0.15, 0.2) is 5.69 Å². The highest BCUT2D eigenvalue weighted by molar-refractivity contribution is 5.92. The first-order valence-electron chi connectivity index (χ1n) is 12.5. The number of hydrogen-bond donors (Lipinski definition) is 2. The van der Waals surface area contributed by atoms with E-state index < -0.39 is 41.5 Å². The van der Waals surface area contributed by atoms with Crippen molar-refractivity contribution in [1.82, 2.24) is 24.9 Å². The number of nitrogens with zero attached hydrogens (tertiary/aromatic N) is 4. The van der Waals surface area contributed by atoms with Crippen LogP contribution >= 0.6 is 0 Å². The number of aryl methyl sites for hydroxylation is 1. The Morgan fingerprint density at radius 1 is 1.15 bits per heavy atom. The highest BCUT2D eigenvalue weighted by atomic mass is 19.4. The van der Waals surface area contributed by atoms with Gasteiger partial charge < -0.3 is 19.9 Å². The molecule has 0 aliphatic rings. The molecule has 2 N–H and O–H groups in total. The van der Waals surface area contributed by atoms with E-state index in [2.05, 4.69) is 25.7 Å². The van der Waals surface area contributed by atoms with Gasteiger partial charge in [0.1, 0.15) is 11.9 Å². The van der Waals surface area contributed by atoms with Crippen LogP contribution < -0.4 is 20.9 Å². The summed E-state index contributed by atoms with van der Waals surface area (Å²) in [6, 6.07) is 6.29. The van der Waals surface area contributed by atoms with Gasteiger partial charge in [0.2, 0.25) is 11.7 Å². The maximum absolute atomic E-state index is 14.6. The summed E-state index contributed by atoms with van der Waals surface area (Å²) >= 11 is 0. The summed E-state index contributed by atoms with van der Waals surface area (Å²) in [5.74, 6) is -2.72. The van der Waals surface area contributed by atoms with Crippen LogP contribution in [0.15, 0.2) is 47.5 Å². The lowest BCUT2D eigenvalue weighted by Gasteiger charge is -2.17. The van der Waals surface area contributed by atoms with Crippen LogP contribution in [0.3, 0.4) is 0 Å². The molecule has 0 fully saturated rings. The van der Waals surface area contributed by atoms with Gasteiger partial charge in [-0.2, -0.15) is 4.39 Å². The van der Waals surface area contributed by atoms with Gasteiger partial charge in [-0.25, -0.2) is 9.07 Å². The number of nitrogens with one attached hydrogen (secondary N) is 2. The van der Waals surface area contributed by atoms with Crippen LogP contribution in [0.1, 0.15) is 49.7 Å². The zero-order valence-electron chi connectivity index (χ0n) is 22.5. The quantitative estimate of drug-likeness (QED) is 0.326. The number of carbonyl (C=O) groups is 2. The number of benzene rings is 1. The van der Waals surface area contributed by atoms with Gasteiger partial charge >= 0.3 is 6.36 Å². The molecule has 2 amide bonds. The predicted octanol–water partition coefficient (Wildman–Crippen LogP) is 4.21. The molecule has 222 valence electrons. The molecule has 3 rings (SSSR count). The normalized spacial score (nSPS) is 12.6. The van der Waals surface area contributed by atoms with E-state index in [9.17, 15) is 36.3 Å². The van der Waals surface area contributed by atoms with Crippen molar-refractivity contribution in [2.75, 3.05) is 5.32 Å². The Morgan fingerprint density at radius 2 is 1.88 bits per heavy atom. The molecular formula is C26H29F5N6O4. The number of anilines is 1. The van der Waals surface area contributed by atoms with Gasteiger partial charge in [0, 0.05) is 25.7 Å². The minimum absolute atomic E-state index is 0.124. The Balaban J connectivity index is 1.50. The van der Waals surface area contributed by atoms with Crippen LogP contribution in [0.4, 0.5) is 27.6 Å². The van der Waals surface area contributed by atoms with Crippen molar-refractivity contribution in [3.8, 4) is 5.75 Å². The first kappa shape index (κ1) is 31.2. The molecule has 0 aliphatic heterocycles. The Kier molecular flexibility index (Phi) is 9.83. The van der Waals surface area contributed by atoms with Crippen molar-refractivity contribution in [3.05, 3.63) is 70.2 Å². The molecule has 41 heavy (non-hydrogen) atoms. The van der Waals surface area contributed by atoms with Crippen LogP contribution in [0.5, 0.6) is 5.75 Å². The molecule has 0 saturated heterocycles. The minimum Gasteiger partial charge on any atom is -0.406 e. The molecular weight excluding hydrogens is 555 g/mol. The zero-order chi connectivity index (χ0) is 30.4. The Hall–Kier alpha value is -4.30. The monoisotopic (exact) mass is 584 g/mol. The Morgan fingerprint density at radius 3 is 2.56 bits per heavy atom. The highest BCUT2D eigenvalue weighted by Gasteiger charge is 2.31. The summed E-state index contributed by atoms with van der Waals surface area (Å²) < 4.78 is 72.2. The first-order chi connectivity index (χ1) is 19.1. The van der Waals surface area contributed by atoms with Crippen LogP contribution in [0, 0.1) is 11.2 Å². The topological polar surface area (TPSA) is 120 Å². The standard InChI is InChI=1S/C26H29F5N6O4/c1-25(2,3)12-21(38)33-19-8-10-36(24(40)22(19)28)9-7-17(27)14-37-15-20(34-35-37)23(39)32-13-16-5-4-6-18(11-16)41-26(29,30)31/h4-6,8,10-11,15,17H,7,9,12-14H2,1-3H3,(H,32,39)(H,33,38). The van der Waals surface area contributed by atoms with Gasteiger partial charge in [0.25, 0.3) is 11.5 Å². The van der Waals surface area contributed by atoms with Gasteiger partial charge in [-0.1, -0.05) is 38.1 Å². The van der Waals surface area contributed by atoms with Crippen LogP contribution in [0.2, 0.25) is 0 Å². The predicted molar refractivity (Wildman–Crippen MR) is 137 cm³/mol. The zero-order valence-corrected chi connectivity index (χ0v) is 22.5. The van der Waals surface area contributed by atoms with Crippen molar-refractivity contribution >= 4 is 17.5 Å². The van der Waals surface area contributed by atoms with Crippen LogP contribution in [-0.2, 0) is 24.4 Å². The molecule has 1 aromatic carbocycles. The lowest BCUT2D eigenvalue weighted by Crippen LogP contribution is -2.27. The summed E-state index contributed by atoms with van der Waals surface area (Å²) in [6.45, 7) is 4.92. The second-order valence-electron chi connectivity index (χ2n) is 10.4. The number of hydrogen-bond acceptors (Lipinski definition) is 6. The summed E-state index contributed by atoms with van der Waals surface area (Å²) in [5.41, 5.74) is -1.41. The largest absolute Gasteiger partial charge is 0.573 e. The molecule has 1 atom stereocenters. The van der Waals surface area contributed by atoms with Crippen LogP contribution in [0.25, 0.3) is 0 Å². The lowest BCUT2D eigenvalue weighted by atomic mass is 9.92. The van der Waals surface area contributed by atoms with Gasteiger partial charge in [-0.05, 0) is 35.6 Å². The summed E-state index contributed by atoms with van der Waals surface area (Å²) in [4.78, 5) is 36.7. The molecule has 2 heterocycles. The van der Waals surface area contributed by atoms with E-state index in [1.54, 1.807) is 0 Å². The molecule has 15 heteroatoms. The SMILES string of the molecule is CC(C)(C)CC(=O)Nc1ccn(CCC(F)Cn2cc(C(=O)NCc3cccc(OC(F)(F)F)c3)nn2)c(=O)c1F. The number of halogens is 5. The van der Waals surface area contributed by atoms with Crippen molar-refractivity contribution in [3.63, 3.8) is 0 Å². The van der Waals surface area contributed by atoms with E-state index in [-0.39, 0.29) is 49.3 Å². The van der Waals surface area contributed by atoms with E-state index in [4.69, 9.17) is 0 Å². The number of carbonyl (C=O) groups excluding carboxylic acids is 2. The molecule has 2 aromatic heterocycles. The van der Waals surface area contributed by atoms with E-state index in [1.807, 2.05) is 20.8 Å². The molecule has 1 unspecified atom stereocenters. The molecule has 0 bridgehead atoms. The minimum atomic E-state index is -4.85. The molecule has 0 saturated carbocycles. The number of amides is 2. The smallest absolute Gasteiger partial charge is 0.406 e. The number of rotatable bonds is 11. The van der Waals surface area contributed by atoms with Crippen molar-refractivity contribution < 1.29 is 36.3 Å². The second kappa shape index (κ2) is 12.9. The van der Waals surface area contributed by atoms with Crippen molar-refractivity contribution in [2.45, 2.75) is 65.8 Å². The molecule has 0 spiro atoms. The van der Waals surface area contributed by atoms with Gasteiger partial charge in [0.05, 0.1) is 18.4 Å². The summed E-state index contributed by atoms with van der Waals surface area (Å²) in [7, 11) is 0. The third-order valence-electron chi connectivity index (χ3n) is 5.50. The fourth-order valence-corrected chi connectivity index (χ4v) is 3.69. The van der Waals surface area contributed by atoms with Gasteiger partial charge in [-0.3, -0.25) is 14.4 Å². The Bertz CT molecular complexity index is 1430. The number of ether oxygens (including phenoxy) is 1. The number of pyridine rings is 1. The van der Waals surface area contributed by atoms with Gasteiger partial charge in [-0.15, -0.1) is 18.3 Å². The molecule has 3 aromatic rings. The highest BCUT2D eigenvalue weighted by Crippen LogP contribution is 2.23. The fourth-order valence-electron chi connectivity index (χ4n) is 3.69.